The van der Waals surface area contributed by atoms with E-state index in [-0.39, 0.29) is 5.91 Å². The lowest BCUT2D eigenvalue weighted by molar-refractivity contribution is 0.102. The molecule has 0 saturated heterocycles. The molecule has 0 aromatic heterocycles. The Labute approximate surface area is 129 Å². The lowest BCUT2D eigenvalue weighted by atomic mass is 10.1. The van der Waals surface area contributed by atoms with Gasteiger partial charge in [0.15, 0.2) is 0 Å². The van der Waals surface area contributed by atoms with Crippen molar-refractivity contribution in [2.45, 2.75) is 18.2 Å². The maximum Gasteiger partial charge on any atom is 0.255 e. The van der Waals surface area contributed by atoms with Crippen LogP contribution in [0, 0.1) is 0 Å². The fourth-order valence-corrected chi connectivity index (χ4v) is 3.25. The van der Waals surface area contributed by atoms with Gasteiger partial charge < -0.3 is 10.6 Å². The van der Waals surface area contributed by atoms with Crippen LogP contribution in [-0.2, 0) is 6.42 Å². The quantitative estimate of drug-likeness (QED) is 0.838. The molecule has 1 heterocycles. The maximum absolute atomic E-state index is 12.4. The number of fused-ring (bicyclic) bond motifs is 1. The van der Waals surface area contributed by atoms with E-state index in [0.717, 1.165) is 35.0 Å². The second-order valence-electron chi connectivity index (χ2n) is 4.93. The van der Waals surface area contributed by atoms with Gasteiger partial charge >= 0.3 is 0 Å². The first-order valence-corrected chi connectivity index (χ1v) is 8.16. The molecule has 108 valence electrons. The van der Waals surface area contributed by atoms with Gasteiger partial charge in [-0.25, -0.2) is 0 Å². The third-order valence-corrected chi connectivity index (χ3v) is 4.47. The van der Waals surface area contributed by atoms with Gasteiger partial charge in [-0.05, 0) is 48.1 Å². The van der Waals surface area contributed by atoms with Crippen molar-refractivity contribution in [3.8, 4) is 0 Å². The number of benzene rings is 2. The highest BCUT2D eigenvalue weighted by Gasteiger charge is 2.14. The first-order valence-electron chi connectivity index (χ1n) is 7.18. The van der Waals surface area contributed by atoms with Gasteiger partial charge in [-0.2, -0.15) is 0 Å². The molecular weight excluding hydrogens is 280 g/mol. The molecule has 0 bridgehead atoms. The summed E-state index contributed by atoms with van der Waals surface area (Å²) in [5, 5.41) is 6.33. The zero-order valence-electron chi connectivity index (χ0n) is 12.0. The van der Waals surface area contributed by atoms with E-state index in [9.17, 15) is 4.79 Å². The summed E-state index contributed by atoms with van der Waals surface area (Å²) in [6, 6.07) is 13.8. The molecule has 3 nitrogen and oxygen atoms in total. The minimum atomic E-state index is -0.0474. The zero-order chi connectivity index (χ0) is 14.7. The largest absolute Gasteiger partial charge is 0.384 e. The highest BCUT2D eigenvalue weighted by molar-refractivity contribution is 7.99. The predicted molar refractivity (Wildman–Crippen MR) is 89.4 cm³/mol. The van der Waals surface area contributed by atoms with E-state index in [1.807, 2.05) is 42.5 Å². The smallest absolute Gasteiger partial charge is 0.255 e. The zero-order valence-corrected chi connectivity index (χ0v) is 12.8. The summed E-state index contributed by atoms with van der Waals surface area (Å²) in [6.07, 6.45) is 0.985. The van der Waals surface area contributed by atoms with E-state index in [1.165, 1.54) is 5.56 Å². The molecule has 3 rings (SSSR count). The molecule has 0 aliphatic carbocycles. The van der Waals surface area contributed by atoms with Crippen LogP contribution in [-0.4, -0.2) is 18.2 Å². The van der Waals surface area contributed by atoms with E-state index >= 15 is 0 Å². The van der Waals surface area contributed by atoms with Crippen LogP contribution in [0.2, 0.25) is 0 Å². The third kappa shape index (κ3) is 3.05. The highest BCUT2D eigenvalue weighted by atomic mass is 32.2. The standard InChI is InChI=1S/C17H18N2OS/c1-2-21-16-6-4-3-5-15(16)19-17(20)13-7-8-14-12(11-13)9-10-18-14/h3-8,11,18H,2,9-10H2,1H3,(H,19,20). The third-order valence-electron chi connectivity index (χ3n) is 3.51. The Morgan fingerprint density at radius 3 is 3.00 bits per heavy atom. The molecular formula is C17H18N2OS. The number of anilines is 2. The Balaban J connectivity index is 1.80. The second kappa shape index (κ2) is 6.22. The summed E-state index contributed by atoms with van der Waals surface area (Å²) in [5.41, 5.74) is 3.97. The van der Waals surface area contributed by atoms with Crippen molar-refractivity contribution in [1.82, 2.24) is 0 Å². The van der Waals surface area contributed by atoms with Crippen molar-refractivity contribution < 1.29 is 4.79 Å². The van der Waals surface area contributed by atoms with Crippen LogP contribution in [0.15, 0.2) is 47.4 Å². The van der Waals surface area contributed by atoms with E-state index < -0.39 is 0 Å². The summed E-state index contributed by atoms with van der Waals surface area (Å²) in [7, 11) is 0. The molecule has 4 heteroatoms. The Morgan fingerprint density at radius 1 is 1.29 bits per heavy atom. The summed E-state index contributed by atoms with van der Waals surface area (Å²) in [6.45, 7) is 3.06. The van der Waals surface area contributed by atoms with Crippen molar-refractivity contribution in [1.29, 1.82) is 0 Å². The van der Waals surface area contributed by atoms with Crippen molar-refractivity contribution in [3.63, 3.8) is 0 Å². The Bertz CT molecular complexity index is 670. The van der Waals surface area contributed by atoms with Crippen LogP contribution in [0.5, 0.6) is 0 Å². The van der Waals surface area contributed by atoms with Crippen LogP contribution in [0.25, 0.3) is 0 Å². The van der Waals surface area contributed by atoms with Crippen LogP contribution < -0.4 is 10.6 Å². The van der Waals surface area contributed by atoms with Gasteiger partial charge in [0.25, 0.3) is 5.91 Å². The van der Waals surface area contributed by atoms with E-state index in [2.05, 4.69) is 17.6 Å². The van der Waals surface area contributed by atoms with Gasteiger partial charge in [0.05, 0.1) is 5.69 Å². The summed E-state index contributed by atoms with van der Waals surface area (Å²) >= 11 is 1.73. The first-order chi connectivity index (χ1) is 10.3. The number of amides is 1. The second-order valence-corrected chi connectivity index (χ2v) is 6.24. The van der Waals surface area contributed by atoms with Crippen LogP contribution in [0.1, 0.15) is 22.8 Å². The monoisotopic (exact) mass is 298 g/mol. The van der Waals surface area contributed by atoms with Gasteiger partial charge in [-0.1, -0.05) is 19.1 Å². The number of para-hydroxylation sites is 1. The Hall–Kier alpha value is -1.94. The molecule has 2 aromatic carbocycles. The summed E-state index contributed by atoms with van der Waals surface area (Å²) in [4.78, 5) is 13.5. The molecule has 2 aromatic rings. The lowest BCUT2D eigenvalue weighted by Crippen LogP contribution is -2.12. The molecule has 0 spiro atoms. The van der Waals surface area contributed by atoms with Crippen LogP contribution in [0.3, 0.4) is 0 Å². The fourth-order valence-electron chi connectivity index (χ4n) is 2.49. The van der Waals surface area contributed by atoms with Crippen molar-refractivity contribution in [2.75, 3.05) is 22.9 Å². The van der Waals surface area contributed by atoms with Crippen molar-refractivity contribution in [3.05, 3.63) is 53.6 Å². The van der Waals surface area contributed by atoms with Crippen LogP contribution >= 0.6 is 11.8 Å². The Morgan fingerprint density at radius 2 is 2.14 bits per heavy atom. The van der Waals surface area contributed by atoms with Gasteiger partial charge in [-0.3, -0.25) is 4.79 Å². The minimum absolute atomic E-state index is 0.0474. The summed E-state index contributed by atoms with van der Waals surface area (Å²) in [5.74, 6) is 0.936. The van der Waals surface area contributed by atoms with Crippen molar-refractivity contribution >= 4 is 29.0 Å². The molecule has 0 fully saturated rings. The number of hydrogen-bond acceptors (Lipinski definition) is 3. The number of hydrogen-bond donors (Lipinski definition) is 2. The van der Waals surface area contributed by atoms with E-state index in [4.69, 9.17) is 0 Å². The van der Waals surface area contributed by atoms with Gasteiger partial charge in [0.2, 0.25) is 0 Å². The van der Waals surface area contributed by atoms with E-state index in [1.54, 1.807) is 11.8 Å². The Kier molecular flexibility index (Phi) is 4.15. The predicted octanol–water partition coefficient (Wildman–Crippen LogP) is 4.02. The number of thioether (sulfide) groups is 1. The molecule has 0 saturated carbocycles. The molecule has 2 N–H and O–H groups in total. The molecule has 0 atom stereocenters. The lowest BCUT2D eigenvalue weighted by Gasteiger charge is -2.10. The normalized spacial score (nSPS) is 12.6. The molecule has 0 radical (unpaired) electrons. The highest BCUT2D eigenvalue weighted by Crippen LogP contribution is 2.28. The minimum Gasteiger partial charge on any atom is -0.384 e. The number of rotatable bonds is 4. The number of carbonyl (C=O) groups is 1. The first kappa shape index (κ1) is 14.0. The number of nitrogens with one attached hydrogen (secondary N) is 2. The average Bonchev–Trinajstić information content (AvgIpc) is 2.97. The van der Waals surface area contributed by atoms with Gasteiger partial charge in [0.1, 0.15) is 0 Å². The number of carbonyl (C=O) groups excluding carboxylic acids is 1. The molecule has 1 amide bonds. The van der Waals surface area contributed by atoms with Gasteiger partial charge in [-0.15, -0.1) is 11.8 Å². The van der Waals surface area contributed by atoms with Gasteiger partial charge in [0, 0.05) is 22.7 Å². The van der Waals surface area contributed by atoms with E-state index in [0.29, 0.717) is 5.56 Å². The topological polar surface area (TPSA) is 41.1 Å². The van der Waals surface area contributed by atoms with Crippen LogP contribution in [0.4, 0.5) is 11.4 Å². The molecule has 1 aliphatic rings. The SMILES string of the molecule is CCSc1ccccc1NC(=O)c1ccc2c(c1)CCN2. The molecule has 1 aliphatic heterocycles. The fraction of sp³-hybridized carbons (Fsp3) is 0.235. The maximum atomic E-state index is 12.4. The molecule has 21 heavy (non-hydrogen) atoms. The summed E-state index contributed by atoms with van der Waals surface area (Å²) < 4.78 is 0. The molecule has 0 unspecified atom stereocenters. The van der Waals surface area contributed by atoms with Crippen molar-refractivity contribution in [2.24, 2.45) is 0 Å². The average molecular weight is 298 g/mol.